The van der Waals surface area contributed by atoms with Crippen molar-refractivity contribution in [1.29, 1.82) is 0 Å². The van der Waals surface area contributed by atoms with Crippen molar-refractivity contribution in [2.24, 2.45) is 0 Å². The largest absolute Gasteiger partial charge is 0.495 e. The fraction of sp³-hybridized carbons (Fsp3) is 0.400. The SMILES string of the molecule is COc1ccccc1NCCS(C)(=O)=O. The van der Waals surface area contributed by atoms with Gasteiger partial charge in [0.2, 0.25) is 0 Å². The minimum atomic E-state index is -2.92. The van der Waals surface area contributed by atoms with Crippen LogP contribution in [-0.2, 0) is 9.84 Å². The van der Waals surface area contributed by atoms with Gasteiger partial charge in [-0.15, -0.1) is 0 Å². The third-order valence-corrected chi connectivity index (χ3v) is 2.84. The molecule has 0 aliphatic rings. The van der Waals surface area contributed by atoms with Crippen molar-refractivity contribution in [3.63, 3.8) is 0 Å². The highest BCUT2D eigenvalue weighted by atomic mass is 32.2. The first-order valence-electron chi connectivity index (χ1n) is 4.57. The average Bonchev–Trinajstić information content (AvgIpc) is 2.16. The zero-order valence-electron chi connectivity index (χ0n) is 8.86. The fourth-order valence-corrected chi connectivity index (χ4v) is 1.63. The van der Waals surface area contributed by atoms with E-state index in [0.29, 0.717) is 12.3 Å². The standard InChI is InChI=1S/C10H15NO3S/c1-14-10-6-4-3-5-9(10)11-7-8-15(2,12)13/h3-6,11H,7-8H2,1-2H3. The molecule has 0 heterocycles. The molecule has 0 spiro atoms. The highest BCUT2D eigenvalue weighted by molar-refractivity contribution is 7.90. The summed E-state index contributed by atoms with van der Waals surface area (Å²) in [5, 5.41) is 3.02. The second-order valence-corrected chi connectivity index (χ2v) is 5.52. The van der Waals surface area contributed by atoms with Crippen molar-refractivity contribution in [2.75, 3.05) is 31.0 Å². The van der Waals surface area contributed by atoms with Gasteiger partial charge in [-0.25, -0.2) is 8.42 Å². The van der Waals surface area contributed by atoms with Crippen LogP contribution >= 0.6 is 0 Å². The second-order valence-electron chi connectivity index (χ2n) is 3.26. The smallest absolute Gasteiger partial charge is 0.149 e. The number of anilines is 1. The molecule has 1 N–H and O–H groups in total. The zero-order valence-corrected chi connectivity index (χ0v) is 9.67. The Morgan fingerprint density at radius 1 is 1.33 bits per heavy atom. The molecule has 1 aromatic rings. The van der Waals surface area contributed by atoms with Gasteiger partial charge in [0.15, 0.2) is 0 Å². The van der Waals surface area contributed by atoms with Crippen LogP contribution in [0.25, 0.3) is 0 Å². The van der Waals surface area contributed by atoms with Crippen molar-refractivity contribution in [3.05, 3.63) is 24.3 Å². The quantitative estimate of drug-likeness (QED) is 0.823. The molecular weight excluding hydrogens is 214 g/mol. The van der Waals surface area contributed by atoms with E-state index in [-0.39, 0.29) is 5.75 Å². The molecule has 4 nitrogen and oxygen atoms in total. The molecule has 0 fully saturated rings. The van der Waals surface area contributed by atoms with Gasteiger partial charge in [0.25, 0.3) is 0 Å². The van der Waals surface area contributed by atoms with Gasteiger partial charge in [-0.2, -0.15) is 0 Å². The summed E-state index contributed by atoms with van der Waals surface area (Å²) < 4.78 is 26.9. The van der Waals surface area contributed by atoms with E-state index < -0.39 is 9.84 Å². The van der Waals surface area contributed by atoms with Gasteiger partial charge >= 0.3 is 0 Å². The van der Waals surface area contributed by atoms with Crippen LogP contribution in [0.5, 0.6) is 5.75 Å². The molecule has 1 aromatic carbocycles. The highest BCUT2D eigenvalue weighted by Gasteiger charge is 2.03. The van der Waals surface area contributed by atoms with E-state index in [1.807, 2.05) is 24.3 Å². The van der Waals surface area contributed by atoms with Gasteiger partial charge in [-0.3, -0.25) is 0 Å². The molecule has 5 heteroatoms. The molecule has 0 amide bonds. The maximum Gasteiger partial charge on any atom is 0.149 e. The predicted molar refractivity (Wildman–Crippen MR) is 61.2 cm³/mol. The molecule has 0 radical (unpaired) electrons. The van der Waals surface area contributed by atoms with Crippen molar-refractivity contribution < 1.29 is 13.2 Å². The van der Waals surface area contributed by atoms with Crippen molar-refractivity contribution >= 4 is 15.5 Å². The predicted octanol–water partition coefficient (Wildman–Crippen LogP) is 1.15. The van der Waals surface area contributed by atoms with Crippen LogP contribution in [0.4, 0.5) is 5.69 Å². The molecule has 0 saturated carbocycles. The molecule has 0 bridgehead atoms. The lowest BCUT2D eigenvalue weighted by molar-refractivity contribution is 0.416. The lowest BCUT2D eigenvalue weighted by atomic mass is 10.3. The Kier molecular flexibility index (Phi) is 3.96. The lowest BCUT2D eigenvalue weighted by Gasteiger charge is -2.09. The summed E-state index contributed by atoms with van der Waals surface area (Å²) >= 11 is 0. The normalized spacial score (nSPS) is 11.1. The maximum atomic E-state index is 10.9. The molecule has 0 unspecified atom stereocenters. The summed E-state index contributed by atoms with van der Waals surface area (Å²) in [4.78, 5) is 0. The van der Waals surface area contributed by atoms with E-state index in [1.165, 1.54) is 6.26 Å². The summed E-state index contributed by atoms with van der Waals surface area (Å²) in [5.74, 6) is 0.830. The Hall–Kier alpha value is -1.23. The summed E-state index contributed by atoms with van der Waals surface area (Å²) in [5.41, 5.74) is 0.809. The van der Waals surface area contributed by atoms with Crippen LogP contribution in [0.3, 0.4) is 0 Å². The molecule has 1 rings (SSSR count). The molecule has 0 aromatic heterocycles. The number of nitrogens with one attached hydrogen (secondary N) is 1. The molecule has 84 valence electrons. The van der Waals surface area contributed by atoms with E-state index in [1.54, 1.807) is 7.11 Å². The lowest BCUT2D eigenvalue weighted by Crippen LogP contribution is -2.14. The zero-order chi connectivity index (χ0) is 11.3. The van der Waals surface area contributed by atoms with E-state index >= 15 is 0 Å². The van der Waals surface area contributed by atoms with Crippen LogP contribution in [0.15, 0.2) is 24.3 Å². The second kappa shape index (κ2) is 5.02. The number of methoxy groups -OCH3 is 1. The van der Waals surface area contributed by atoms with Gasteiger partial charge in [-0.05, 0) is 12.1 Å². The Morgan fingerprint density at radius 2 is 2.00 bits per heavy atom. The summed E-state index contributed by atoms with van der Waals surface area (Å²) in [6.45, 7) is 0.388. The molecule has 15 heavy (non-hydrogen) atoms. The van der Waals surface area contributed by atoms with Crippen LogP contribution in [-0.4, -0.2) is 34.1 Å². The van der Waals surface area contributed by atoms with Crippen LogP contribution in [0, 0.1) is 0 Å². The Bertz CT molecular complexity index is 414. The number of para-hydroxylation sites is 2. The number of sulfone groups is 1. The van der Waals surface area contributed by atoms with E-state index in [0.717, 1.165) is 5.69 Å². The van der Waals surface area contributed by atoms with E-state index in [9.17, 15) is 8.42 Å². The number of hydrogen-bond donors (Lipinski definition) is 1. The number of benzene rings is 1. The first kappa shape index (κ1) is 11.8. The van der Waals surface area contributed by atoms with Gasteiger partial charge in [0.1, 0.15) is 15.6 Å². The molecular formula is C10H15NO3S. The Morgan fingerprint density at radius 3 is 2.60 bits per heavy atom. The van der Waals surface area contributed by atoms with Crippen LogP contribution in [0.1, 0.15) is 0 Å². The Labute approximate surface area is 90.2 Å². The Balaban J connectivity index is 2.58. The highest BCUT2D eigenvalue weighted by Crippen LogP contribution is 2.22. The first-order chi connectivity index (χ1) is 7.03. The third-order valence-electron chi connectivity index (χ3n) is 1.90. The van der Waals surface area contributed by atoms with Crippen molar-refractivity contribution in [2.45, 2.75) is 0 Å². The number of ether oxygens (including phenoxy) is 1. The van der Waals surface area contributed by atoms with E-state index in [4.69, 9.17) is 4.74 Å². The summed E-state index contributed by atoms with van der Waals surface area (Å²) in [6.07, 6.45) is 1.22. The summed E-state index contributed by atoms with van der Waals surface area (Å²) in [7, 11) is -1.34. The topological polar surface area (TPSA) is 55.4 Å². The monoisotopic (exact) mass is 229 g/mol. The molecule has 0 aliphatic heterocycles. The summed E-state index contributed by atoms with van der Waals surface area (Å²) in [6, 6.07) is 7.40. The van der Waals surface area contributed by atoms with Crippen molar-refractivity contribution in [1.82, 2.24) is 0 Å². The maximum absolute atomic E-state index is 10.9. The molecule has 0 saturated heterocycles. The van der Waals surface area contributed by atoms with Crippen LogP contribution < -0.4 is 10.1 Å². The molecule has 0 aliphatic carbocycles. The van der Waals surface area contributed by atoms with Gasteiger partial charge < -0.3 is 10.1 Å². The minimum Gasteiger partial charge on any atom is -0.495 e. The van der Waals surface area contributed by atoms with Gasteiger partial charge in [0.05, 0.1) is 18.6 Å². The first-order valence-corrected chi connectivity index (χ1v) is 6.63. The van der Waals surface area contributed by atoms with Crippen molar-refractivity contribution in [3.8, 4) is 5.75 Å². The number of rotatable bonds is 5. The van der Waals surface area contributed by atoms with E-state index in [2.05, 4.69) is 5.32 Å². The third kappa shape index (κ3) is 4.20. The minimum absolute atomic E-state index is 0.116. The number of hydrogen-bond acceptors (Lipinski definition) is 4. The van der Waals surface area contributed by atoms with Crippen LogP contribution in [0.2, 0.25) is 0 Å². The molecule has 0 atom stereocenters. The van der Waals surface area contributed by atoms with Gasteiger partial charge in [0, 0.05) is 12.8 Å². The van der Waals surface area contributed by atoms with Gasteiger partial charge in [-0.1, -0.05) is 12.1 Å². The average molecular weight is 229 g/mol. The fourth-order valence-electron chi connectivity index (χ4n) is 1.16.